The maximum absolute atomic E-state index is 3.51. The minimum absolute atomic E-state index is 0.768. The second-order valence-electron chi connectivity index (χ2n) is 5.20. The number of hydrogen-bond acceptors (Lipinski definition) is 2. The maximum atomic E-state index is 3.51. The van der Waals surface area contributed by atoms with E-state index in [-0.39, 0.29) is 0 Å². The molecule has 90 valence electrons. The predicted octanol–water partition coefficient (Wildman–Crippen LogP) is 3.54. The maximum Gasteiger partial charge on any atom is 0.0183 e. The van der Waals surface area contributed by atoms with Gasteiger partial charge in [-0.15, -0.1) is 0 Å². The molecule has 2 heteroatoms. The van der Waals surface area contributed by atoms with E-state index < -0.39 is 0 Å². The van der Waals surface area contributed by atoms with Crippen LogP contribution in [0.2, 0.25) is 0 Å². The zero-order valence-corrected chi connectivity index (χ0v) is 11.4. The second-order valence-corrected chi connectivity index (χ2v) is 6.35. The molecule has 1 atom stereocenters. The van der Waals surface area contributed by atoms with E-state index in [1.165, 1.54) is 43.6 Å². The van der Waals surface area contributed by atoms with Gasteiger partial charge in [0.25, 0.3) is 0 Å². The van der Waals surface area contributed by atoms with Gasteiger partial charge >= 0.3 is 0 Å². The lowest BCUT2D eigenvalue weighted by Gasteiger charge is -2.22. The topological polar surface area (TPSA) is 12.0 Å². The zero-order valence-electron chi connectivity index (χ0n) is 10.6. The van der Waals surface area contributed by atoms with Crippen molar-refractivity contribution in [3.63, 3.8) is 0 Å². The molecule has 0 heterocycles. The third kappa shape index (κ3) is 5.26. The van der Waals surface area contributed by atoms with Gasteiger partial charge in [0.15, 0.2) is 0 Å². The van der Waals surface area contributed by atoms with E-state index in [1.807, 2.05) is 0 Å². The standard InChI is InChI=1S/C13H27NS/c1-11(2)8-9-15-10-13(14-3)12-6-4-5-7-12/h11-14H,4-10H2,1-3H3. The van der Waals surface area contributed by atoms with Gasteiger partial charge in [0.1, 0.15) is 0 Å². The van der Waals surface area contributed by atoms with Crippen LogP contribution in [0.5, 0.6) is 0 Å². The molecule has 1 rings (SSSR count). The first-order chi connectivity index (χ1) is 7.24. The first-order valence-electron chi connectivity index (χ1n) is 6.49. The Hall–Kier alpha value is 0.310. The van der Waals surface area contributed by atoms with Gasteiger partial charge in [-0.2, -0.15) is 11.8 Å². The van der Waals surface area contributed by atoms with Crippen molar-refractivity contribution in [1.82, 2.24) is 5.32 Å². The van der Waals surface area contributed by atoms with Crippen LogP contribution >= 0.6 is 11.8 Å². The van der Waals surface area contributed by atoms with Gasteiger partial charge in [-0.1, -0.05) is 26.7 Å². The van der Waals surface area contributed by atoms with Crippen LogP contribution < -0.4 is 5.32 Å². The van der Waals surface area contributed by atoms with Crippen molar-refractivity contribution in [2.24, 2.45) is 11.8 Å². The molecule has 0 saturated heterocycles. The lowest BCUT2D eigenvalue weighted by atomic mass is 10.0. The summed E-state index contributed by atoms with van der Waals surface area (Å²) >= 11 is 2.14. The summed E-state index contributed by atoms with van der Waals surface area (Å²) in [7, 11) is 2.13. The molecule has 1 saturated carbocycles. The van der Waals surface area contributed by atoms with Gasteiger partial charge in [0, 0.05) is 11.8 Å². The average Bonchev–Trinajstić information content (AvgIpc) is 2.70. The number of hydrogen-bond donors (Lipinski definition) is 1. The number of nitrogens with one attached hydrogen (secondary N) is 1. The van der Waals surface area contributed by atoms with Gasteiger partial charge in [-0.25, -0.2) is 0 Å². The van der Waals surface area contributed by atoms with Crippen molar-refractivity contribution in [3.8, 4) is 0 Å². The Kier molecular flexibility index (Phi) is 6.74. The third-order valence-electron chi connectivity index (χ3n) is 3.48. The lowest BCUT2D eigenvalue weighted by Crippen LogP contribution is -2.34. The Morgan fingerprint density at radius 1 is 1.27 bits per heavy atom. The van der Waals surface area contributed by atoms with E-state index in [0.29, 0.717) is 0 Å². The van der Waals surface area contributed by atoms with E-state index in [1.54, 1.807) is 0 Å². The Morgan fingerprint density at radius 2 is 1.93 bits per heavy atom. The quantitative estimate of drug-likeness (QED) is 0.670. The van der Waals surface area contributed by atoms with Crippen molar-refractivity contribution in [2.75, 3.05) is 18.6 Å². The van der Waals surface area contributed by atoms with E-state index in [9.17, 15) is 0 Å². The number of thioether (sulfide) groups is 1. The molecule has 1 N–H and O–H groups in total. The lowest BCUT2D eigenvalue weighted by molar-refractivity contribution is 0.410. The van der Waals surface area contributed by atoms with Crippen molar-refractivity contribution >= 4 is 11.8 Å². The molecule has 0 aromatic rings. The first-order valence-corrected chi connectivity index (χ1v) is 7.64. The van der Waals surface area contributed by atoms with E-state index in [2.05, 4.69) is 38.0 Å². The third-order valence-corrected chi connectivity index (χ3v) is 4.60. The molecule has 0 aromatic heterocycles. The van der Waals surface area contributed by atoms with E-state index >= 15 is 0 Å². The Morgan fingerprint density at radius 3 is 2.47 bits per heavy atom. The van der Waals surface area contributed by atoms with Gasteiger partial charge in [0.2, 0.25) is 0 Å². The highest BCUT2D eigenvalue weighted by Crippen LogP contribution is 2.29. The molecular formula is C13H27NS. The molecule has 0 amide bonds. The normalized spacial score (nSPS) is 20.0. The van der Waals surface area contributed by atoms with Crippen molar-refractivity contribution in [1.29, 1.82) is 0 Å². The van der Waals surface area contributed by atoms with Crippen LogP contribution in [0.4, 0.5) is 0 Å². The van der Waals surface area contributed by atoms with Crippen LogP contribution in [0.3, 0.4) is 0 Å². The highest BCUT2D eigenvalue weighted by atomic mass is 32.2. The summed E-state index contributed by atoms with van der Waals surface area (Å²) in [5.41, 5.74) is 0. The summed E-state index contributed by atoms with van der Waals surface area (Å²) in [6, 6.07) is 0.768. The summed E-state index contributed by atoms with van der Waals surface area (Å²) < 4.78 is 0. The monoisotopic (exact) mass is 229 g/mol. The average molecular weight is 229 g/mol. The van der Waals surface area contributed by atoms with Crippen LogP contribution in [-0.2, 0) is 0 Å². The smallest absolute Gasteiger partial charge is 0.0183 e. The van der Waals surface area contributed by atoms with Crippen LogP contribution in [0.1, 0.15) is 46.0 Å². The first kappa shape index (κ1) is 13.4. The van der Waals surface area contributed by atoms with Crippen molar-refractivity contribution < 1.29 is 0 Å². The van der Waals surface area contributed by atoms with Crippen LogP contribution in [0, 0.1) is 11.8 Å². The molecule has 1 fully saturated rings. The second kappa shape index (κ2) is 7.56. The fourth-order valence-corrected chi connectivity index (χ4v) is 3.84. The predicted molar refractivity (Wildman–Crippen MR) is 71.6 cm³/mol. The molecule has 0 bridgehead atoms. The molecular weight excluding hydrogens is 202 g/mol. The van der Waals surface area contributed by atoms with Gasteiger partial charge in [-0.05, 0) is 43.9 Å². The Labute approximate surface area is 99.8 Å². The molecule has 0 aliphatic heterocycles. The van der Waals surface area contributed by atoms with Gasteiger partial charge in [0.05, 0.1) is 0 Å². The molecule has 1 unspecified atom stereocenters. The SMILES string of the molecule is CNC(CSCCC(C)C)C1CCCC1. The molecule has 0 aromatic carbocycles. The Balaban J connectivity index is 2.10. The molecule has 0 radical (unpaired) electrons. The summed E-state index contributed by atoms with van der Waals surface area (Å²) in [6.45, 7) is 4.63. The van der Waals surface area contributed by atoms with E-state index in [0.717, 1.165) is 17.9 Å². The highest BCUT2D eigenvalue weighted by Gasteiger charge is 2.23. The molecule has 15 heavy (non-hydrogen) atoms. The summed E-state index contributed by atoms with van der Waals surface area (Å²) in [4.78, 5) is 0. The Bertz CT molecular complexity index is 153. The summed E-state index contributed by atoms with van der Waals surface area (Å²) in [5.74, 6) is 4.47. The fraction of sp³-hybridized carbons (Fsp3) is 1.00. The zero-order chi connectivity index (χ0) is 11.1. The van der Waals surface area contributed by atoms with Crippen molar-refractivity contribution in [2.45, 2.75) is 52.0 Å². The minimum atomic E-state index is 0.768. The minimum Gasteiger partial charge on any atom is -0.316 e. The van der Waals surface area contributed by atoms with Crippen molar-refractivity contribution in [3.05, 3.63) is 0 Å². The molecule has 1 aliphatic rings. The summed E-state index contributed by atoms with van der Waals surface area (Å²) in [5, 5.41) is 3.51. The van der Waals surface area contributed by atoms with Crippen LogP contribution in [-0.4, -0.2) is 24.6 Å². The highest BCUT2D eigenvalue weighted by molar-refractivity contribution is 7.99. The molecule has 1 aliphatic carbocycles. The van der Waals surface area contributed by atoms with Gasteiger partial charge < -0.3 is 5.32 Å². The fourth-order valence-electron chi connectivity index (χ4n) is 2.34. The van der Waals surface area contributed by atoms with Crippen LogP contribution in [0.25, 0.3) is 0 Å². The molecule has 1 nitrogen and oxygen atoms in total. The summed E-state index contributed by atoms with van der Waals surface area (Å²) in [6.07, 6.45) is 7.19. The van der Waals surface area contributed by atoms with E-state index in [4.69, 9.17) is 0 Å². The van der Waals surface area contributed by atoms with Crippen LogP contribution in [0.15, 0.2) is 0 Å². The van der Waals surface area contributed by atoms with Gasteiger partial charge in [-0.3, -0.25) is 0 Å². The number of rotatable bonds is 7. The largest absolute Gasteiger partial charge is 0.316 e. The molecule has 0 spiro atoms.